The van der Waals surface area contributed by atoms with Crippen molar-refractivity contribution in [3.05, 3.63) is 60.7 Å². The molecule has 0 spiro atoms. The molecule has 0 aliphatic carbocycles. The zero-order valence-corrected chi connectivity index (χ0v) is 13.3. The summed E-state index contributed by atoms with van der Waals surface area (Å²) in [6.07, 6.45) is 1.78. The number of benzene rings is 2. The van der Waals surface area contributed by atoms with Gasteiger partial charge in [0, 0.05) is 0 Å². The molecule has 0 aromatic heterocycles. The van der Waals surface area contributed by atoms with E-state index in [0.717, 1.165) is 16.0 Å². The summed E-state index contributed by atoms with van der Waals surface area (Å²) in [4.78, 5) is 8.46. The Bertz CT molecular complexity index is 540. The van der Waals surface area contributed by atoms with E-state index in [0.29, 0.717) is 0 Å². The van der Waals surface area contributed by atoms with Crippen molar-refractivity contribution in [2.75, 3.05) is 19.0 Å². The van der Waals surface area contributed by atoms with E-state index in [1.165, 1.54) is 0 Å². The summed E-state index contributed by atoms with van der Waals surface area (Å²) in [7, 11) is 3.90. The Labute approximate surface area is 127 Å². The Hall–Kier alpha value is -1.90. The first-order chi connectivity index (χ1) is 9.68. The fourth-order valence-corrected chi connectivity index (χ4v) is 2.29. The molecule has 102 valence electrons. The van der Waals surface area contributed by atoms with Gasteiger partial charge in [-0.15, -0.1) is 0 Å². The van der Waals surface area contributed by atoms with Crippen LogP contribution in [0.3, 0.4) is 0 Å². The first kappa shape index (κ1) is 14.5. The molecule has 0 N–H and O–H groups in total. The zero-order valence-electron chi connectivity index (χ0n) is 11.6. The van der Waals surface area contributed by atoms with Gasteiger partial charge in [0.2, 0.25) is 0 Å². The van der Waals surface area contributed by atoms with Crippen LogP contribution in [0.2, 0.25) is 0 Å². The minimum atomic E-state index is 0.802. The first-order valence-corrected chi connectivity index (χ1v) is 7.19. The fraction of sp³-hybridized carbons (Fsp3) is 0.125. The molecule has 2 aromatic carbocycles. The van der Waals surface area contributed by atoms with Gasteiger partial charge in [-0.2, -0.15) is 0 Å². The molecule has 0 aliphatic rings. The number of rotatable bonds is 5. The van der Waals surface area contributed by atoms with Crippen molar-refractivity contribution in [2.45, 2.75) is 0 Å². The average molecular weight is 330 g/mol. The van der Waals surface area contributed by atoms with E-state index in [2.05, 4.69) is 49.7 Å². The van der Waals surface area contributed by atoms with Crippen LogP contribution in [0.4, 0.5) is 11.4 Å². The van der Waals surface area contributed by atoms with Crippen LogP contribution in [0.15, 0.2) is 65.7 Å². The number of hydrogen-bond donors (Lipinski definition) is 0. The second-order valence-corrected chi connectivity index (χ2v) is 5.26. The van der Waals surface area contributed by atoms with Crippen molar-refractivity contribution in [3.8, 4) is 0 Å². The molecular formula is C16H17N3Se. The van der Waals surface area contributed by atoms with Gasteiger partial charge in [-0.3, -0.25) is 0 Å². The molecule has 0 heterocycles. The van der Waals surface area contributed by atoms with E-state index in [-0.39, 0.29) is 0 Å². The molecule has 0 fully saturated rings. The molecule has 2 aromatic rings. The Balaban J connectivity index is 2.38. The number of hydrogen-bond acceptors (Lipinski definition) is 2. The van der Waals surface area contributed by atoms with Crippen LogP contribution in [-0.2, 0) is 0 Å². The Morgan fingerprint density at radius 3 is 1.75 bits per heavy atom. The normalized spacial score (nSPS) is 10.5. The third-order valence-electron chi connectivity index (χ3n) is 2.62. The van der Waals surface area contributed by atoms with Gasteiger partial charge in [0.05, 0.1) is 0 Å². The topological polar surface area (TPSA) is 18.8 Å². The molecule has 3 nitrogen and oxygen atoms in total. The van der Waals surface area contributed by atoms with Gasteiger partial charge in [0.15, 0.2) is 0 Å². The number of anilines is 2. The summed E-state index contributed by atoms with van der Waals surface area (Å²) in [5.74, 6) is 0. The number of nitrogens with zero attached hydrogens (tertiary/aromatic N) is 3. The van der Waals surface area contributed by atoms with Crippen LogP contribution in [0.1, 0.15) is 0 Å². The molecule has 20 heavy (non-hydrogen) atoms. The van der Waals surface area contributed by atoms with Crippen LogP contribution in [-0.4, -0.2) is 45.6 Å². The molecule has 0 radical (unpaired) electrons. The third kappa shape index (κ3) is 3.80. The van der Waals surface area contributed by atoms with Crippen molar-refractivity contribution in [1.82, 2.24) is 4.90 Å². The summed E-state index contributed by atoms with van der Waals surface area (Å²) in [6, 6.07) is 20.4. The van der Waals surface area contributed by atoms with Crippen LogP contribution in [0, 0.1) is 0 Å². The third-order valence-corrected chi connectivity index (χ3v) is 3.22. The van der Waals surface area contributed by atoms with E-state index in [4.69, 9.17) is 0 Å². The van der Waals surface area contributed by atoms with Gasteiger partial charge in [-0.25, -0.2) is 0 Å². The van der Waals surface area contributed by atoms with E-state index in [1.54, 1.807) is 6.34 Å². The summed E-state index contributed by atoms with van der Waals surface area (Å²) in [5, 5.41) is 0. The van der Waals surface area contributed by atoms with E-state index < -0.39 is 0 Å². The Kier molecular flexibility index (Phi) is 5.10. The summed E-state index contributed by atoms with van der Waals surface area (Å²) in [5.41, 5.74) is 2.15. The molecule has 0 bridgehead atoms. The molecule has 0 atom stereocenters. The van der Waals surface area contributed by atoms with Crippen molar-refractivity contribution in [2.24, 2.45) is 4.99 Å². The summed E-state index contributed by atoms with van der Waals surface area (Å²) >= 11 is 3.05. The fourth-order valence-electron chi connectivity index (χ4n) is 1.75. The minimum absolute atomic E-state index is 0.802. The van der Waals surface area contributed by atoms with E-state index in [9.17, 15) is 0 Å². The molecule has 4 heteroatoms. The van der Waals surface area contributed by atoms with Gasteiger partial charge >= 0.3 is 128 Å². The Morgan fingerprint density at radius 2 is 1.35 bits per heavy atom. The molecule has 0 saturated heterocycles. The Morgan fingerprint density at radius 1 is 0.900 bits per heavy atom. The van der Waals surface area contributed by atoms with Gasteiger partial charge in [0.25, 0.3) is 0 Å². The van der Waals surface area contributed by atoms with Gasteiger partial charge in [0.1, 0.15) is 0 Å². The maximum atomic E-state index is 4.46. The first-order valence-electron chi connectivity index (χ1n) is 6.33. The number of aliphatic imine (C=N–C) groups is 1. The zero-order chi connectivity index (χ0) is 14.4. The van der Waals surface area contributed by atoms with Crippen LogP contribution in [0.25, 0.3) is 0 Å². The van der Waals surface area contributed by atoms with Crippen LogP contribution < -0.4 is 4.90 Å². The van der Waals surface area contributed by atoms with Gasteiger partial charge < -0.3 is 0 Å². The SMILES string of the molecule is CN(C)C=NC(=[Se])N(c1ccccc1)c1ccccc1. The summed E-state index contributed by atoms with van der Waals surface area (Å²) in [6.45, 7) is 0. The second-order valence-electron chi connectivity index (χ2n) is 4.50. The number of para-hydroxylation sites is 2. The van der Waals surface area contributed by atoms with Gasteiger partial charge in [-0.05, 0) is 0 Å². The standard InChI is InChI=1S/C16H17N3Se/c1-18(2)13-17-16(20)19(14-9-5-3-6-10-14)15-11-7-4-8-12-15/h3-13H,1-2H3. The summed E-state index contributed by atoms with van der Waals surface area (Å²) < 4.78 is 0.802. The van der Waals surface area contributed by atoms with Gasteiger partial charge in [-0.1, -0.05) is 0 Å². The quantitative estimate of drug-likeness (QED) is 0.477. The van der Waals surface area contributed by atoms with Crippen LogP contribution >= 0.6 is 0 Å². The predicted octanol–water partition coefficient (Wildman–Crippen LogP) is 2.67. The van der Waals surface area contributed by atoms with Crippen molar-refractivity contribution in [1.29, 1.82) is 0 Å². The maximum absolute atomic E-state index is 4.46. The molecule has 0 saturated carbocycles. The second kappa shape index (κ2) is 7.04. The molecular weight excluding hydrogens is 313 g/mol. The molecule has 0 amide bonds. The van der Waals surface area contributed by atoms with Crippen molar-refractivity contribution >= 4 is 38.0 Å². The predicted molar refractivity (Wildman–Crippen MR) is 88.0 cm³/mol. The molecule has 0 aliphatic heterocycles. The van der Waals surface area contributed by atoms with E-state index >= 15 is 0 Å². The van der Waals surface area contributed by atoms with Crippen LogP contribution in [0.5, 0.6) is 0 Å². The molecule has 2 rings (SSSR count). The van der Waals surface area contributed by atoms with Crippen molar-refractivity contribution in [3.63, 3.8) is 0 Å². The molecule has 0 unspecified atom stereocenters. The van der Waals surface area contributed by atoms with E-state index in [1.807, 2.05) is 55.4 Å². The average Bonchev–Trinajstić information content (AvgIpc) is 2.48. The monoisotopic (exact) mass is 331 g/mol. The van der Waals surface area contributed by atoms with Crippen molar-refractivity contribution < 1.29 is 0 Å².